The first-order chi connectivity index (χ1) is 20.8. The number of sulfonamides is 2. The molecule has 0 amide bonds. The third-order valence-corrected chi connectivity index (χ3v) is 10.9. The van der Waals surface area contributed by atoms with Crippen molar-refractivity contribution in [1.82, 2.24) is 0 Å². The molecule has 2 aliphatic rings. The molecule has 1 heterocycles. The molecule has 0 fully saturated rings. The van der Waals surface area contributed by atoms with Crippen LogP contribution in [0.15, 0.2) is 105 Å². The Morgan fingerprint density at radius 1 is 0.955 bits per heavy atom. The van der Waals surface area contributed by atoms with Crippen molar-refractivity contribution in [2.45, 2.75) is 48.8 Å². The first-order valence-electron chi connectivity index (χ1n) is 14.2. The summed E-state index contributed by atoms with van der Waals surface area (Å²) in [5.74, 6) is -0.744. The molecule has 1 aliphatic carbocycles. The number of aliphatic hydroxyl groups is 1. The standard InChI is InChI=1S/C33H31N3O6S2/c1-20(2)16-17-33(3)26-11-7-6-10-25(26)30(37)29(31(33)38)32-34-27-15-13-23(19-28(27)44(41,42)36-32)35-43(39,40)24-14-12-21-8-4-5-9-22(21)18-24/h4-15,18-20,35,37H,16-17H2,1-3H3,(H,34,36)/t33-/m1/s1. The van der Waals surface area contributed by atoms with Crippen LogP contribution in [0.2, 0.25) is 0 Å². The predicted octanol–water partition coefficient (Wildman–Crippen LogP) is 6.40. The Balaban J connectivity index is 1.36. The molecular weight excluding hydrogens is 599 g/mol. The molecule has 3 N–H and O–H groups in total. The summed E-state index contributed by atoms with van der Waals surface area (Å²) in [7, 11) is -8.46. The maximum absolute atomic E-state index is 14.1. The topological polar surface area (TPSA) is 142 Å². The van der Waals surface area contributed by atoms with Crippen molar-refractivity contribution in [3.63, 3.8) is 0 Å². The number of hydrogen-bond acceptors (Lipinski definition) is 7. The van der Waals surface area contributed by atoms with Crippen molar-refractivity contribution < 1.29 is 26.7 Å². The highest BCUT2D eigenvalue weighted by Crippen LogP contribution is 2.44. The number of Topliss-reactive ketones (excluding diaryl/α,β-unsaturated/α-hetero) is 1. The highest BCUT2D eigenvalue weighted by Gasteiger charge is 2.46. The third-order valence-electron chi connectivity index (χ3n) is 8.21. The van der Waals surface area contributed by atoms with Gasteiger partial charge in [0.2, 0.25) is 0 Å². The van der Waals surface area contributed by atoms with Crippen molar-refractivity contribution in [3.8, 4) is 0 Å². The molecule has 44 heavy (non-hydrogen) atoms. The molecule has 0 unspecified atom stereocenters. The molecule has 11 heteroatoms. The van der Waals surface area contributed by atoms with E-state index in [1.54, 1.807) is 36.4 Å². The molecule has 4 aromatic carbocycles. The van der Waals surface area contributed by atoms with Crippen LogP contribution in [0.1, 0.15) is 44.7 Å². The minimum Gasteiger partial charge on any atom is -0.506 e. The quantitative estimate of drug-likeness (QED) is 0.215. The molecule has 1 atom stereocenters. The maximum Gasteiger partial charge on any atom is 0.286 e. The van der Waals surface area contributed by atoms with E-state index in [0.717, 1.165) is 17.2 Å². The molecule has 0 bridgehead atoms. The minimum absolute atomic E-state index is 0.0203. The number of nitrogens with zero attached hydrogens (tertiary/aromatic N) is 1. The van der Waals surface area contributed by atoms with Crippen molar-refractivity contribution in [3.05, 3.63) is 102 Å². The summed E-state index contributed by atoms with van der Waals surface area (Å²) in [5, 5.41) is 15.8. The van der Waals surface area contributed by atoms with Crippen LogP contribution >= 0.6 is 0 Å². The third kappa shape index (κ3) is 5.05. The lowest BCUT2D eigenvalue weighted by atomic mass is 9.66. The largest absolute Gasteiger partial charge is 0.506 e. The number of ketones is 1. The van der Waals surface area contributed by atoms with E-state index in [0.29, 0.717) is 23.5 Å². The second-order valence-electron chi connectivity index (χ2n) is 11.7. The number of carbonyl (C=O) groups is 1. The van der Waals surface area contributed by atoms with Gasteiger partial charge in [-0.05, 0) is 72.4 Å². The molecule has 0 saturated carbocycles. The van der Waals surface area contributed by atoms with E-state index in [9.17, 15) is 26.7 Å². The van der Waals surface area contributed by atoms with Crippen LogP contribution in [0.3, 0.4) is 0 Å². The number of carbonyl (C=O) groups excluding carboxylic acids is 1. The second kappa shape index (κ2) is 10.6. The number of benzene rings is 4. The van der Waals surface area contributed by atoms with Crippen molar-refractivity contribution in [1.29, 1.82) is 0 Å². The number of rotatable bonds is 7. The van der Waals surface area contributed by atoms with Crippen LogP contribution in [0.25, 0.3) is 16.5 Å². The molecule has 0 saturated heterocycles. The van der Waals surface area contributed by atoms with E-state index in [1.807, 2.05) is 31.2 Å². The lowest BCUT2D eigenvalue weighted by Crippen LogP contribution is -2.42. The Hall–Kier alpha value is -4.48. The number of anilines is 2. The minimum atomic E-state index is -4.41. The first kappa shape index (κ1) is 29.6. The van der Waals surface area contributed by atoms with Gasteiger partial charge in [0.15, 0.2) is 11.6 Å². The van der Waals surface area contributed by atoms with Gasteiger partial charge in [0.05, 0.1) is 21.7 Å². The van der Waals surface area contributed by atoms with Gasteiger partial charge >= 0.3 is 0 Å². The van der Waals surface area contributed by atoms with Crippen molar-refractivity contribution in [2.75, 3.05) is 10.0 Å². The number of nitrogens with one attached hydrogen (secondary N) is 2. The number of aliphatic hydroxyl groups excluding tert-OH is 1. The van der Waals surface area contributed by atoms with Gasteiger partial charge in [0.1, 0.15) is 16.2 Å². The van der Waals surface area contributed by atoms with Gasteiger partial charge in [0.25, 0.3) is 20.0 Å². The Morgan fingerprint density at radius 3 is 2.41 bits per heavy atom. The zero-order valence-corrected chi connectivity index (χ0v) is 26.0. The molecule has 0 spiro atoms. The summed E-state index contributed by atoms with van der Waals surface area (Å²) in [6, 6.07) is 23.1. The Kier molecular flexibility index (Phi) is 7.13. The monoisotopic (exact) mass is 629 g/mol. The van der Waals surface area contributed by atoms with Crippen molar-refractivity contribution >= 4 is 59.6 Å². The zero-order chi connectivity index (χ0) is 31.4. The predicted molar refractivity (Wildman–Crippen MR) is 172 cm³/mol. The average molecular weight is 630 g/mol. The Labute approximate surface area is 256 Å². The molecule has 0 aromatic heterocycles. The Morgan fingerprint density at radius 2 is 1.66 bits per heavy atom. The maximum atomic E-state index is 14.1. The van der Waals surface area contributed by atoms with Crippen LogP contribution in [0, 0.1) is 5.92 Å². The molecule has 6 rings (SSSR count). The van der Waals surface area contributed by atoms with Gasteiger partial charge < -0.3 is 10.4 Å². The fourth-order valence-electron chi connectivity index (χ4n) is 5.74. The zero-order valence-electron chi connectivity index (χ0n) is 24.3. The fourth-order valence-corrected chi connectivity index (χ4v) is 7.97. The highest BCUT2D eigenvalue weighted by atomic mass is 32.2. The Bertz CT molecular complexity index is 2140. The molecule has 1 aliphatic heterocycles. The first-order valence-corrected chi connectivity index (χ1v) is 17.1. The average Bonchev–Trinajstić information content (AvgIpc) is 2.99. The summed E-state index contributed by atoms with van der Waals surface area (Å²) in [6.07, 6.45) is 1.23. The molecular formula is C33H31N3O6S2. The summed E-state index contributed by atoms with van der Waals surface area (Å²) in [4.78, 5) is 13.8. The number of fused-ring (bicyclic) bond motifs is 3. The SMILES string of the molecule is CC(C)CC[C@@]1(C)C(=O)C(C2=NS(=O)(=O)c3cc(NS(=O)(=O)c4ccc5ccccc5c4)ccc3N2)=C(O)c2ccccc21. The van der Waals surface area contributed by atoms with Crippen LogP contribution in [0.5, 0.6) is 0 Å². The van der Waals surface area contributed by atoms with Gasteiger partial charge in [-0.1, -0.05) is 68.4 Å². The normalized spacial score (nSPS) is 19.3. The van der Waals surface area contributed by atoms with E-state index in [1.165, 1.54) is 24.3 Å². The van der Waals surface area contributed by atoms with E-state index in [2.05, 4.69) is 28.3 Å². The van der Waals surface area contributed by atoms with Gasteiger partial charge in [-0.2, -0.15) is 8.42 Å². The number of amidine groups is 1. The molecule has 9 nitrogen and oxygen atoms in total. The van der Waals surface area contributed by atoms with E-state index < -0.39 is 31.2 Å². The van der Waals surface area contributed by atoms with Crippen LogP contribution in [-0.2, 0) is 30.3 Å². The number of hydrogen-bond donors (Lipinski definition) is 3. The summed E-state index contributed by atoms with van der Waals surface area (Å²) in [5.41, 5.74) is 0.0211. The van der Waals surface area contributed by atoms with Crippen molar-refractivity contribution in [2.24, 2.45) is 10.3 Å². The van der Waals surface area contributed by atoms with Gasteiger partial charge in [-0.25, -0.2) is 8.42 Å². The summed E-state index contributed by atoms with van der Waals surface area (Å²) >= 11 is 0. The van der Waals surface area contributed by atoms with E-state index in [4.69, 9.17) is 0 Å². The van der Waals surface area contributed by atoms with Gasteiger partial charge in [-0.15, -0.1) is 4.40 Å². The van der Waals surface area contributed by atoms with Gasteiger partial charge in [0, 0.05) is 5.56 Å². The fraction of sp³-hybridized carbons (Fsp3) is 0.212. The molecule has 226 valence electrons. The summed E-state index contributed by atoms with van der Waals surface area (Å²) in [6.45, 7) is 5.93. The molecule has 4 aromatic rings. The lowest BCUT2D eigenvalue weighted by Gasteiger charge is -2.36. The molecule has 0 radical (unpaired) electrons. The van der Waals surface area contributed by atoms with Gasteiger partial charge in [-0.3, -0.25) is 9.52 Å². The lowest BCUT2D eigenvalue weighted by molar-refractivity contribution is -0.120. The smallest absolute Gasteiger partial charge is 0.286 e. The highest BCUT2D eigenvalue weighted by molar-refractivity contribution is 7.92. The van der Waals surface area contributed by atoms with Crippen LogP contribution in [0.4, 0.5) is 11.4 Å². The summed E-state index contributed by atoms with van der Waals surface area (Å²) < 4.78 is 59.7. The van der Waals surface area contributed by atoms with Crippen LogP contribution < -0.4 is 10.0 Å². The second-order valence-corrected chi connectivity index (χ2v) is 15.0. The van der Waals surface area contributed by atoms with E-state index >= 15 is 0 Å². The van der Waals surface area contributed by atoms with Crippen LogP contribution in [-0.4, -0.2) is 33.6 Å². The van der Waals surface area contributed by atoms with E-state index in [-0.39, 0.29) is 38.3 Å².